The number of aromatic nitrogens is 2. The molecule has 118 valence electrons. The Hall–Kier alpha value is -2.15. The quantitative estimate of drug-likeness (QED) is 0.886. The molecule has 0 saturated heterocycles. The van der Waals surface area contributed by atoms with Gasteiger partial charge in [0.25, 0.3) is 5.91 Å². The van der Waals surface area contributed by atoms with Gasteiger partial charge in [-0.2, -0.15) is 13.9 Å². The Labute approximate surface area is 130 Å². The summed E-state index contributed by atoms with van der Waals surface area (Å²) < 4.78 is 30.0. The van der Waals surface area contributed by atoms with E-state index < -0.39 is 6.61 Å². The molecule has 0 aliphatic rings. The second-order valence-electron chi connectivity index (χ2n) is 4.34. The number of hydrogen-bond acceptors (Lipinski definition) is 3. The molecule has 5 nitrogen and oxygen atoms in total. The summed E-state index contributed by atoms with van der Waals surface area (Å²) in [6, 6.07) is 5.44. The van der Waals surface area contributed by atoms with Gasteiger partial charge in [-0.15, -0.1) is 0 Å². The number of halogens is 3. The van der Waals surface area contributed by atoms with Gasteiger partial charge in [0, 0.05) is 12.1 Å². The van der Waals surface area contributed by atoms with Crippen LogP contribution in [-0.2, 0) is 13.1 Å². The minimum Gasteiger partial charge on any atom is -0.435 e. The van der Waals surface area contributed by atoms with Crippen molar-refractivity contribution in [3.05, 3.63) is 46.7 Å². The number of ether oxygens (including phenoxy) is 1. The summed E-state index contributed by atoms with van der Waals surface area (Å²) in [5.74, 6) is -0.345. The highest BCUT2D eigenvalue weighted by Gasteiger charge is 2.11. The summed E-state index contributed by atoms with van der Waals surface area (Å²) in [5, 5.41) is 7.25. The molecule has 0 unspecified atom stereocenters. The number of carbonyl (C=O) groups excluding carboxylic acids is 1. The molecule has 0 aliphatic heterocycles. The molecule has 2 rings (SSSR count). The van der Waals surface area contributed by atoms with E-state index in [9.17, 15) is 13.6 Å². The average molecular weight is 330 g/mol. The molecule has 1 N–H and O–H groups in total. The molecule has 1 amide bonds. The summed E-state index contributed by atoms with van der Waals surface area (Å²) >= 11 is 6.00. The van der Waals surface area contributed by atoms with Gasteiger partial charge in [0.05, 0.1) is 23.5 Å². The maximum atomic E-state index is 12.0. The van der Waals surface area contributed by atoms with Crippen molar-refractivity contribution < 1.29 is 18.3 Å². The van der Waals surface area contributed by atoms with E-state index in [-0.39, 0.29) is 18.2 Å². The van der Waals surface area contributed by atoms with Gasteiger partial charge >= 0.3 is 6.61 Å². The minimum absolute atomic E-state index is 0.00125. The Morgan fingerprint density at radius 3 is 2.68 bits per heavy atom. The van der Waals surface area contributed by atoms with Crippen LogP contribution in [-0.4, -0.2) is 22.3 Å². The Morgan fingerprint density at radius 1 is 1.41 bits per heavy atom. The van der Waals surface area contributed by atoms with Crippen molar-refractivity contribution in [1.82, 2.24) is 15.1 Å². The monoisotopic (exact) mass is 329 g/mol. The van der Waals surface area contributed by atoms with E-state index in [4.69, 9.17) is 11.6 Å². The number of carbonyl (C=O) groups is 1. The van der Waals surface area contributed by atoms with E-state index in [0.717, 1.165) is 0 Å². The van der Waals surface area contributed by atoms with Crippen LogP contribution >= 0.6 is 11.6 Å². The lowest BCUT2D eigenvalue weighted by Crippen LogP contribution is -2.24. The highest BCUT2D eigenvalue weighted by atomic mass is 35.5. The molecular weight excluding hydrogens is 316 g/mol. The van der Waals surface area contributed by atoms with Crippen LogP contribution in [0.1, 0.15) is 23.0 Å². The first-order valence-electron chi connectivity index (χ1n) is 6.54. The molecule has 0 atom stereocenters. The van der Waals surface area contributed by atoms with Crippen LogP contribution in [0.4, 0.5) is 8.78 Å². The number of nitrogens with zero attached hydrogens (tertiary/aromatic N) is 2. The predicted octanol–water partition coefficient (Wildman–Crippen LogP) is 3.09. The lowest BCUT2D eigenvalue weighted by molar-refractivity contribution is -0.0498. The van der Waals surface area contributed by atoms with Gasteiger partial charge in [0.15, 0.2) is 0 Å². The zero-order valence-corrected chi connectivity index (χ0v) is 12.5. The smallest absolute Gasteiger partial charge is 0.387 e. The predicted molar refractivity (Wildman–Crippen MR) is 77.2 cm³/mol. The van der Waals surface area contributed by atoms with E-state index in [1.165, 1.54) is 30.5 Å². The number of rotatable bonds is 6. The lowest BCUT2D eigenvalue weighted by atomic mass is 10.2. The van der Waals surface area contributed by atoms with Crippen molar-refractivity contribution in [3.63, 3.8) is 0 Å². The fourth-order valence-corrected chi connectivity index (χ4v) is 2.10. The number of alkyl halides is 2. The Kier molecular flexibility index (Phi) is 5.32. The zero-order chi connectivity index (χ0) is 16.1. The maximum absolute atomic E-state index is 12.0. The van der Waals surface area contributed by atoms with Crippen molar-refractivity contribution in [3.8, 4) is 5.75 Å². The molecule has 0 aliphatic carbocycles. The number of amides is 1. The van der Waals surface area contributed by atoms with Crippen LogP contribution in [0.25, 0.3) is 0 Å². The molecule has 0 radical (unpaired) electrons. The van der Waals surface area contributed by atoms with Crippen LogP contribution in [0.2, 0.25) is 5.02 Å². The molecule has 0 spiro atoms. The summed E-state index contributed by atoms with van der Waals surface area (Å²) in [6.07, 6.45) is 1.52. The van der Waals surface area contributed by atoms with Crippen molar-refractivity contribution in [2.45, 2.75) is 26.6 Å². The zero-order valence-electron chi connectivity index (χ0n) is 11.7. The molecule has 0 saturated carbocycles. The largest absolute Gasteiger partial charge is 0.435 e. The van der Waals surface area contributed by atoms with Gasteiger partial charge in [0.1, 0.15) is 5.75 Å². The second kappa shape index (κ2) is 7.22. The summed E-state index contributed by atoms with van der Waals surface area (Å²) in [6.45, 7) is -0.120. The number of hydrogen-bond donors (Lipinski definition) is 1. The van der Waals surface area contributed by atoms with E-state index in [2.05, 4.69) is 15.2 Å². The summed E-state index contributed by atoms with van der Waals surface area (Å²) in [7, 11) is 0. The molecule has 0 bridgehead atoms. The van der Waals surface area contributed by atoms with Crippen molar-refractivity contribution in [1.29, 1.82) is 0 Å². The summed E-state index contributed by atoms with van der Waals surface area (Å²) in [5.41, 5.74) is 1.04. The number of nitrogens with one attached hydrogen (secondary N) is 1. The molecule has 8 heteroatoms. The highest BCUT2D eigenvalue weighted by molar-refractivity contribution is 6.31. The van der Waals surface area contributed by atoms with E-state index in [0.29, 0.717) is 22.8 Å². The maximum Gasteiger partial charge on any atom is 0.387 e. The number of benzene rings is 1. The molecule has 1 aromatic heterocycles. The Bertz CT molecular complexity index is 644. The normalized spacial score (nSPS) is 10.8. The third-order valence-corrected chi connectivity index (χ3v) is 3.27. The molecule has 22 heavy (non-hydrogen) atoms. The van der Waals surface area contributed by atoms with Crippen molar-refractivity contribution in [2.24, 2.45) is 0 Å². The van der Waals surface area contributed by atoms with Crippen LogP contribution in [0, 0.1) is 0 Å². The molecule has 1 heterocycles. The van der Waals surface area contributed by atoms with Crippen LogP contribution in [0.5, 0.6) is 5.75 Å². The van der Waals surface area contributed by atoms with Gasteiger partial charge in [0.2, 0.25) is 0 Å². The third kappa shape index (κ3) is 3.94. The standard InChI is InChI=1S/C14H14ClF2N3O2/c1-2-20-12(11(15)7-19-20)8-18-13(21)9-3-5-10(6-4-9)22-14(16)17/h3-7,14H,2,8H2,1H3,(H,18,21). The van der Waals surface area contributed by atoms with Gasteiger partial charge in [-0.3, -0.25) is 9.48 Å². The molecule has 0 fully saturated rings. The Morgan fingerprint density at radius 2 is 2.09 bits per heavy atom. The van der Waals surface area contributed by atoms with Crippen LogP contribution < -0.4 is 10.1 Å². The van der Waals surface area contributed by atoms with Gasteiger partial charge in [-0.1, -0.05) is 11.6 Å². The summed E-state index contributed by atoms with van der Waals surface area (Å²) in [4.78, 5) is 12.0. The average Bonchev–Trinajstić information content (AvgIpc) is 2.85. The first-order valence-corrected chi connectivity index (χ1v) is 6.92. The minimum atomic E-state index is -2.89. The Balaban J connectivity index is 1.98. The molecule has 2 aromatic rings. The fourth-order valence-electron chi connectivity index (χ4n) is 1.89. The first-order chi connectivity index (χ1) is 10.5. The SMILES string of the molecule is CCn1ncc(Cl)c1CNC(=O)c1ccc(OC(F)F)cc1. The number of aryl methyl sites for hydroxylation is 1. The van der Waals surface area contributed by atoms with E-state index in [1.807, 2.05) is 6.92 Å². The van der Waals surface area contributed by atoms with Gasteiger partial charge < -0.3 is 10.1 Å². The fraction of sp³-hybridized carbons (Fsp3) is 0.286. The van der Waals surface area contributed by atoms with Gasteiger partial charge in [-0.05, 0) is 31.2 Å². The third-order valence-electron chi connectivity index (χ3n) is 2.96. The topological polar surface area (TPSA) is 56.2 Å². The lowest BCUT2D eigenvalue weighted by Gasteiger charge is -2.09. The second-order valence-corrected chi connectivity index (χ2v) is 4.75. The van der Waals surface area contributed by atoms with Gasteiger partial charge in [-0.25, -0.2) is 0 Å². The van der Waals surface area contributed by atoms with E-state index in [1.54, 1.807) is 4.68 Å². The highest BCUT2D eigenvalue weighted by Crippen LogP contribution is 2.16. The first kappa shape index (κ1) is 16.2. The van der Waals surface area contributed by atoms with Crippen molar-refractivity contribution >= 4 is 17.5 Å². The van der Waals surface area contributed by atoms with E-state index >= 15 is 0 Å². The van der Waals surface area contributed by atoms with Crippen LogP contribution in [0.15, 0.2) is 30.5 Å². The molecular formula is C14H14ClF2N3O2. The molecule has 1 aromatic carbocycles. The van der Waals surface area contributed by atoms with Crippen LogP contribution in [0.3, 0.4) is 0 Å². The van der Waals surface area contributed by atoms with Crippen molar-refractivity contribution in [2.75, 3.05) is 0 Å².